The Morgan fingerprint density at radius 2 is 2.00 bits per heavy atom. The predicted molar refractivity (Wildman–Crippen MR) is 98.5 cm³/mol. The molecule has 0 atom stereocenters. The van der Waals surface area contributed by atoms with E-state index in [0.717, 1.165) is 24.0 Å². The molecule has 0 bridgehead atoms. The van der Waals surface area contributed by atoms with Crippen molar-refractivity contribution in [1.82, 2.24) is 10.6 Å². The average Bonchev–Trinajstić information content (AvgIpc) is 3.12. The first-order valence-electron chi connectivity index (χ1n) is 7.50. The zero-order chi connectivity index (χ0) is 14.9. The molecule has 1 aliphatic carbocycles. The molecule has 2 aliphatic rings. The second kappa shape index (κ2) is 6.93. The predicted octanol–water partition coefficient (Wildman–Crippen LogP) is 2.64. The molecule has 0 radical (unpaired) electrons. The van der Waals surface area contributed by atoms with Crippen molar-refractivity contribution in [3.8, 4) is 11.5 Å². The molecule has 1 aliphatic heterocycles. The van der Waals surface area contributed by atoms with Crippen LogP contribution in [-0.4, -0.2) is 32.4 Å². The summed E-state index contributed by atoms with van der Waals surface area (Å²) in [6, 6.07) is 6.66. The van der Waals surface area contributed by atoms with Gasteiger partial charge in [0, 0.05) is 25.0 Å². The van der Waals surface area contributed by atoms with Crippen LogP contribution in [0.3, 0.4) is 0 Å². The van der Waals surface area contributed by atoms with Gasteiger partial charge in [-0.1, -0.05) is 6.07 Å². The number of benzene rings is 1. The fourth-order valence-corrected chi connectivity index (χ4v) is 2.67. The van der Waals surface area contributed by atoms with E-state index in [-0.39, 0.29) is 29.4 Å². The summed E-state index contributed by atoms with van der Waals surface area (Å²) in [7, 11) is 1.80. The number of halogens is 1. The fourth-order valence-electron chi connectivity index (χ4n) is 2.67. The maximum Gasteiger partial charge on any atom is 0.231 e. The fraction of sp³-hybridized carbons (Fsp3) is 0.562. The lowest BCUT2D eigenvalue weighted by atomic mass is 9.95. The highest BCUT2D eigenvalue weighted by molar-refractivity contribution is 14.0. The molecule has 1 aromatic carbocycles. The summed E-state index contributed by atoms with van der Waals surface area (Å²) in [6.45, 7) is 5.43. The van der Waals surface area contributed by atoms with Crippen molar-refractivity contribution in [3.63, 3.8) is 0 Å². The number of nitrogens with one attached hydrogen (secondary N) is 2. The largest absolute Gasteiger partial charge is 0.454 e. The van der Waals surface area contributed by atoms with E-state index < -0.39 is 0 Å². The van der Waals surface area contributed by atoms with Gasteiger partial charge in [-0.05, 0) is 44.4 Å². The Balaban J connectivity index is 0.00000176. The number of hydrogen-bond donors (Lipinski definition) is 2. The molecule has 22 heavy (non-hydrogen) atoms. The standard InChI is InChI=1S/C16H23N3O2.HI/c1-11(2)19-15(17-3)18-9-16(6-7-16)12-4-5-13-14(8-12)21-10-20-13;/h4-5,8,11H,6-7,9-10H2,1-3H3,(H2,17,18,19);1H. The van der Waals surface area contributed by atoms with Crippen molar-refractivity contribution in [2.75, 3.05) is 20.4 Å². The summed E-state index contributed by atoms with van der Waals surface area (Å²) < 4.78 is 10.9. The van der Waals surface area contributed by atoms with Crippen molar-refractivity contribution >= 4 is 29.9 Å². The summed E-state index contributed by atoms with van der Waals surface area (Å²) in [6.07, 6.45) is 2.39. The molecule has 1 fully saturated rings. The van der Waals surface area contributed by atoms with E-state index in [0.29, 0.717) is 12.8 Å². The number of guanidine groups is 1. The third kappa shape index (κ3) is 3.59. The minimum Gasteiger partial charge on any atom is -0.454 e. The second-order valence-electron chi connectivity index (χ2n) is 6.07. The summed E-state index contributed by atoms with van der Waals surface area (Å²) in [5.41, 5.74) is 1.52. The van der Waals surface area contributed by atoms with E-state index in [1.54, 1.807) is 7.05 Å². The quantitative estimate of drug-likeness (QED) is 0.450. The molecule has 1 heterocycles. The molecule has 122 valence electrons. The number of aliphatic imine (C=N–C) groups is 1. The van der Waals surface area contributed by atoms with Crippen LogP contribution in [0.4, 0.5) is 0 Å². The van der Waals surface area contributed by atoms with Gasteiger partial charge in [0.1, 0.15) is 0 Å². The van der Waals surface area contributed by atoms with Crippen LogP contribution in [0.5, 0.6) is 11.5 Å². The second-order valence-corrected chi connectivity index (χ2v) is 6.07. The van der Waals surface area contributed by atoms with Gasteiger partial charge in [0.25, 0.3) is 0 Å². The van der Waals surface area contributed by atoms with E-state index in [4.69, 9.17) is 9.47 Å². The molecule has 0 saturated heterocycles. The van der Waals surface area contributed by atoms with Gasteiger partial charge in [-0.3, -0.25) is 4.99 Å². The van der Waals surface area contributed by atoms with Gasteiger partial charge in [-0.25, -0.2) is 0 Å². The Morgan fingerprint density at radius 3 is 2.64 bits per heavy atom. The molecular formula is C16H24IN3O2. The van der Waals surface area contributed by atoms with Crippen LogP contribution in [0.1, 0.15) is 32.3 Å². The van der Waals surface area contributed by atoms with Crippen molar-refractivity contribution in [2.45, 2.75) is 38.1 Å². The molecule has 5 nitrogen and oxygen atoms in total. The Labute approximate surface area is 148 Å². The van der Waals surface area contributed by atoms with Crippen LogP contribution >= 0.6 is 24.0 Å². The number of fused-ring (bicyclic) bond motifs is 1. The van der Waals surface area contributed by atoms with E-state index in [1.807, 2.05) is 6.07 Å². The first kappa shape index (κ1) is 17.2. The number of rotatable bonds is 4. The van der Waals surface area contributed by atoms with Crippen LogP contribution in [0.25, 0.3) is 0 Å². The lowest BCUT2D eigenvalue weighted by Gasteiger charge is -2.20. The lowest BCUT2D eigenvalue weighted by Crippen LogP contribution is -2.43. The third-order valence-electron chi connectivity index (χ3n) is 4.08. The highest BCUT2D eigenvalue weighted by Crippen LogP contribution is 2.49. The summed E-state index contributed by atoms with van der Waals surface area (Å²) in [5, 5.41) is 6.75. The van der Waals surface area contributed by atoms with Crippen LogP contribution < -0.4 is 20.1 Å². The maximum absolute atomic E-state index is 5.48. The molecule has 1 saturated carbocycles. The maximum atomic E-state index is 5.48. The zero-order valence-corrected chi connectivity index (χ0v) is 15.6. The highest BCUT2D eigenvalue weighted by atomic mass is 127. The van der Waals surface area contributed by atoms with Crippen molar-refractivity contribution in [1.29, 1.82) is 0 Å². The Kier molecular flexibility index (Phi) is 5.41. The third-order valence-corrected chi connectivity index (χ3v) is 4.08. The smallest absolute Gasteiger partial charge is 0.231 e. The van der Waals surface area contributed by atoms with Gasteiger partial charge in [-0.15, -0.1) is 24.0 Å². The zero-order valence-electron chi connectivity index (χ0n) is 13.3. The van der Waals surface area contributed by atoms with Crippen molar-refractivity contribution in [3.05, 3.63) is 23.8 Å². The van der Waals surface area contributed by atoms with Crippen LogP contribution in [0.15, 0.2) is 23.2 Å². The summed E-state index contributed by atoms with van der Waals surface area (Å²) in [4.78, 5) is 4.26. The van der Waals surface area contributed by atoms with Gasteiger partial charge in [0.2, 0.25) is 6.79 Å². The van der Waals surface area contributed by atoms with Crippen LogP contribution in [0, 0.1) is 0 Å². The number of hydrogen-bond acceptors (Lipinski definition) is 3. The molecule has 0 unspecified atom stereocenters. The molecule has 0 amide bonds. The summed E-state index contributed by atoms with van der Waals surface area (Å²) in [5.74, 6) is 2.57. The first-order chi connectivity index (χ1) is 10.1. The molecule has 3 rings (SSSR count). The van der Waals surface area contributed by atoms with Gasteiger partial charge in [0.15, 0.2) is 17.5 Å². The highest BCUT2D eigenvalue weighted by Gasteiger charge is 2.44. The van der Waals surface area contributed by atoms with Crippen molar-refractivity contribution in [2.24, 2.45) is 4.99 Å². The monoisotopic (exact) mass is 417 g/mol. The Hall–Kier alpha value is -1.18. The lowest BCUT2D eigenvalue weighted by molar-refractivity contribution is 0.174. The molecule has 2 N–H and O–H groups in total. The number of ether oxygens (including phenoxy) is 2. The van der Waals surface area contributed by atoms with Gasteiger partial charge < -0.3 is 20.1 Å². The molecule has 6 heteroatoms. The summed E-state index contributed by atoms with van der Waals surface area (Å²) >= 11 is 0. The number of nitrogens with zero attached hydrogens (tertiary/aromatic N) is 1. The Morgan fingerprint density at radius 1 is 1.27 bits per heavy atom. The van der Waals surface area contributed by atoms with E-state index in [9.17, 15) is 0 Å². The van der Waals surface area contributed by atoms with E-state index >= 15 is 0 Å². The van der Waals surface area contributed by atoms with Crippen LogP contribution in [0.2, 0.25) is 0 Å². The molecule has 0 aromatic heterocycles. The van der Waals surface area contributed by atoms with Crippen molar-refractivity contribution < 1.29 is 9.47 Å². The van der Waals surface area contributed by atoms with Gasteiger partial charge >= 0.3 is 0 Å². The molecule has 0 spiro atoms. The minimum absolute atomic E-state index is 0. The molecular weight excluding hydrogens is 393 g/mol. The molecule has 1 aromatic rings. The topological polar surface area (TPSA) is 54.9 Å². The minimum atomic E-state index is 0. The van der Waals surface area contributed by atoms with Gasteiger partial charge in [-0.2, -0.15) is 0 Å². The Bertz CT molecular complexity index is 556. The SMILES string of the molecule is CN=C(NCC1(c2ccc3c(c2)OCO3)CC1)NC(C)C.I. The normalized spacial score (nSPS) is 17.9. The first-order valence-corrected chi connectivity index (χ1v) is 7.50. The van der Waals surface area contributed by atoms with E-state index in [2.05, 4.69) is 41.6 Å². The van der Waals surface area contributed by atoms with E-state index in [1.165, 1.54) is 18.4 Å². The van der Waals surface area contributed by atoms with Crippen LogP contribution in [-0.2, 0) is 5.41 Å². The van der Waals surface area contributed by atoms with Gasteiger partial charge in [0.05, 0.1) is 0 Å². The average molecular weight is 417 g/mol.